The summed E-state index contributed by atoms with van der Waals surface area (Å²) in [5.41, 5.74) is -0.818. The van der Waals surface area contributed by atoms with Crippen LogP contribution in [0.1, 0.15) is 40.2 Å². The molecule has 0 radical (unpaired) electrons. The molecule has 0 aliphatic carbocycles. The molecule has 1 fully saturated rings. The van der Waals surface area contributed by atoms with Crippen LogP contribution in [0.2, 0.25) is 0 Å². The van der Waals surface area contributed by atoms with E-state index in [9.17, 15) is 26.3 Å². The summed E-state index contributed by atoms with van der Waals surface area (Å²) in [5, 5.41) is 0. The number of hydrogen-bond donors (Lipinski definition) is 0. The maximum Gasteiger partial charge on any atom is 0.416 e. The second-order valence-corrected chi connectivity index (χ2v) is 9.12. The first-order chi connectivity index (χ1) is 17.5. The molecule has 3 nitrogen and oxygen atoms in total. The van der Waals surface area contributed by atoms with Crippen LogP contribution in [0.25, 0.3) is 0 Å². The van der Waals surface area contributed by atoms with Gasteiger partial charge < -0.3 is 9.47 Å². The van der Waals surface area contributed by atoms with Gasteiger partial charge in [-0.3, -0.25) is 4.90 Å². The van der Waals surface area contributed by atoms with Gasteiger partial charge in [0.25, 0.3) is 0 Å². The summed E-state index contributed by atoms with van der Waals surface area (Å²) in [6.45, 7) is 1.56. The van der Waals surface area contributed by atoms with Crippen molar-refractivity contribution < 1.29 is 35.8 Å². The highest BCUT2D eigenvalue weighted by Gasteiger charge is 2.37. The molecular formula is C28H27F6NO2. The van der Waals surface area contributed by atoms with Gasteiger partial charge in [-0.2, -0.15) is 26.3 Å². The predicted molar refractivity (Wildman–Crippen MR) is 127 cm³/mol. The van der Waals surface area contributed by atoms with E-state index < -0.39 is 23.5 Å². The zero-order valence-electron chi connectivity index (χ0n) is 20.1. The number of ether oxygens (including phenoxy) is 2. The van der Waals surface area contributed by atoms with Gasteiger partial charge in [0.1, 0.15) is 5.75 Å². The number of likely N-dealkylation sites (tertiary alicyclic amines) is 1. The van der Waals surface area contributed by atoms with Crippen molar-refractivity contribution in [2.24, 2.45) is 0 Å². The van der Waals surface area contributed by atoms with Crippen molar-refractivity contribution in [1.29, 1.82) is 0 Å². The summed E-state index contributed by atoms with van der Waals surface area (Å²) in [6.07, 6.45) is -9.60. The van der Waals surface area contributed by atoms with Crippen molar-refractivity contribution >= 4 is 0 Å². The molecule has 1 aliphatic heterocycles. The van der Waals surface area contributed by atoms with E-state index in [2.05, 4.69) is 4.90 Å². The number of rotatable bonds is 7. The molecular weight excluding hydrogens is 496 g/mol. The Morgan fingerprint density at radius 1 is 0.838 bits per heavy atom. The molecule has 1 saturated heterocycles. The molecule has 0 aromatic heterocycles. The highest BCUT2D eigenvalue weighted by molar-refractivity contribution is 5.34. The summed E-state index contributed by atoms with van der Waals surface area (Å²) in [5.74, 6) is 0.666. The Labute approximate surface area is 211 Å². The number of nitrogens with zero attached hydrogens (tertiary/aromatic N) is 1. The van der Waals surface area contributed by atoms with E-state index in [4.69, 9.17) is 9.47 Å². The Bertz CT molecular complexity index is 1150. The maximum absolute atomic E-state index is 13.3. The molecule has 198 valence electrons. The molecule has 0 N–H and O–H groups in total. The van der Waals surface area contributed by atoms with Crippen LogP contribution < -0.4 is 4.74 Å². The van der Waals surface area contributed by atoms with Gasteiger partial charge in [0.15, 0.2) is 0 Å². The number of piperidine rings is 1. The van der Waals surface area contributed by atoms with Gasteiger partial charge in [-0.1, -0.05) is 48.5 Å². The standard InChI is InChI=1S/C28H27F6NO2/c1-36-25-10-6-5-9-21(25)16-35-12-11-26(24(17-35)20-7-3-2-4-8-20)37-18-19-13-22(27(29,30)31)15-23(14-19)28(32,33)34/h2-10,13-15,24,26H,11-12,16-18H2,1H3/t24-,26-/m1/s1. The smallest absolute Gasteiger partial charge is 0.416 e. The Kier molecular flexibility index (Phi) is 8.14. The molecule has 37 heavy (non-hydrogen) atoms. The van der Waals surface area contributed by atoms with E-state index in [0.717, 1.165) is 29.0 Å². The average Bonchev–Trinajstić information content (AvgIpc) is 2.87. The third-order valence-corrected chi connectivity index (χ3v) is 6.56. The zero-order chi connectivity index (χ0) is 26.6. The summed E-state index contributed by atoms with van der Waals surface area (Å²) in [4.78, 5) is 2.25. The fraction of sp³-hybridized carbons (Fsp3) is 0.357. The van der Waals surface area contributed by atoms with Crippen LogP contribution in [0, 0.1) is 0 Å². The van der Waals surface area contributed by atoms with Crippen LogP contribution in [-0.4, -0.2) is 31.2 Å². The largest absolute Gasteiger partial charge is 0.496 e. The number of hydrogen-bond acceptors (Lipinski definition) is 3. The molecule has 3 aromatic rings. The molecule has 3 aromatic carbocycles. The monoisotopic (exact) mass is 523 g/mol. The van der Waals surface area contributed by atoms with Gasteiger partial charge in [-0.15, -0.1) is 0 Å². The SMILES string of the molecule is COc1ccccc1CN1CC[C@@H](OCc2cc(C(F)(F)F)cc(C(F)(F)F)c2)[C@@H](c2ccccc2)C1. The van der Waals surface area contributed by atoms with Crippen molar-refractivity contribution in [2.45, 2.75) is 43.9 Å². The van der Waals surface area contributed by atoms with E-state index in [0.29, 0.717) is 26.1 Å². The number of alkyl halides is 6. The lowest BCUT2D eigenvalue weighted by molar-refractivity contribution is -0.143. The van der Waals surface area contributed by atoms with Gasteiger partial charge >= 0.3 is 12.4 Å². The molecule has 0 saturated carbocycles. The number of halogens is 6. The van der Waals surface area contributed by atoms with Crippen LogP contribution in [0.3, 0.4) is 0 Å². The van der Waals surface area contributed by atoms with Crippen LogP contribution in [0.5, 0.6) is 5.75 Å². The van der Waals surface area contributed by atoms with Crippen LogP contribution >= 0.6 is 0 Å². The lowest BCUT2D eigenvalue weighted by atomic mass is 9.87. The lowest BCUT2D eigenvalue weighted by Gasteiger charge is -2.39. The molecule has 4 rings (SSSR count). The normalized spacial score (nSPS) is 19.1. The minimum absolute atomic E-state index is 0.113. The molecule has 1 aliphatic rings. The van der Waals surface area contributed by atoms with Gasteiger partial charge in [-0.05, 0) is 41.8 Å². The molecule has 0 amide bonds. The summed E-state index contributed by atoms with van der Waals surface area (Å²) >= 11 is 0. The first kappa shape index (κ1) is 27.0. The van der Waals surface area contributed by atoms with Crippen LogP contribution in [0.15, 0.2) is 72.8 Å². The number of methoxy groups -OCH3 is 1. The quantitative estimate of drug-likeness (QED) is 0.303. The molecule has 2 atom stereocenters. The van der Waals surface area contributed by atoms with Crippen molar-refractivity contribution in [3.8, 4) is 5.75 Å². The second kappa shape index (κ2) is 11.1. The minimum atomic E-state index is -4.90. The van der Waals surface area contributed by atoms with E-state index in [-0.39, 0.29) is 30.3 Å². The van der Waals surface area contributed by atoms with Gasteiger partial charge in [-0.25, -0.2) is 0 Å². The third kappa shape index (κ3) is 6.84. The van der Waals surface area contributed by atoms with Crippen LogP contribution in [0.4, 0.5) is 26.3 Å². The van der Waals surface area contributed by atoms with Gasteiger partial charge in [0, 0.05) is 31.1 Å². The number of para-hydroxylation sites is 1. The Balaban J connectivity index is 1.54. The van der Waals surface area contributed by atoms with E-state index in [1.165, 1.54) is 0 Å². The van der Waals surface area contributed by atoms with Crippen molar-refractivity contribution in [3.05, 3.63) is 101 Å². The Morgan fingerprint density at radius 2 is 1.46 bits per heavy atom. The van der Waals surface area contributed by atoms with Gasteiger partial charge in [0.2, 0.25) is 0 Å². The predicted octanol–water partition coefficient (Wildman–Crippen LogP) is 7.31. The Hall–Kier alpha value is -3.04. The first-order valence-electron chi connectivity index (χ1n) is 11.8. The van der Waals surface area contributed by atoms with E-state index >= 15 is 0 Å². The summed E-state index contributed by atoms with van der Waals surface area (Å²) in [6, 6.07) is 18.9. The summed E-state index contributed by atoms with van der Waals surface area (Å²) < 4.78 is 91.1. The molecule has 0 spiro atoms. The molecule has 0 bridgehead atoms. The van der Waals surface area contributed by atoms with E-state index in [1.54, 1.807) is 7.11 Å². The topological polar surface area (TPSA) is 21.7 Å². The third-order valence-electron chi connectivity index (χ3n) is 6.56. The highest BCUT2D eigenvalue weighted by Crippen LogP contribution is 2.37. The van der Waals surface area contributed by atoms with Crippen molar-refractivity contribution in [3.63, 3.8) is 0 Å². The first-order valence-corrected chi connectivity index (χ1v) is 11.8. The maximum atomic E-state index is 13.3. The highest BCUT2D eigenvalue weighted by atomic mass is 19.4. The van der Waals surface area contributed by atoms with E-state index in [1.807, 2.05) is 54.6 Å². The fourth-order valence-electron chi connectivity index (χ4n) is 4.74. The molecule has 1 heterocycles. The Morgan fingerprint density at radius 3 is 2.08 bits per heavy atom. The molecule has 9 heteroatoms. The summed E-state index contributed by atoms with van der Waals surface area (Å²) in [7, 11) is 1.61. The molecule has 0 unspecified atom stereocenters. The van der Waals surface area contributed by atoms with Crippen LogP contribution in [-0.2, 0) is 30.2 Å². The zero-order valence-corrected chi connectivity index (χ0v) is 20.1. The van der Waals surface area contributed by atoms with Gasteiger partial charge in [0.05, 0.1) is 30.9 Å². The van der Waals surface area contributed by atoms with Crippen molar-refractivity contribution in [2.75, 3.05) is 20.2 Å². The minimum Gasteiger partial charge on any atom is -0.496 e. The number of benzene rings is 3. The van der Waals surface area contributed by atoms with Crippen molar-refractivity contribution in [1.82, 2.24) is 4.90 Å². The second-order valence-electron chi connectivity index (χ2n) is 9.12. The lowest BCUT2D eigenvalue weighted by Crippen LogP contribution is -2.42. The fourth-order valence-corrected chi connectivity index (χ4v) is 4.74. The average molecular weight is 524 g/mol.